The van der Waals surface area contributed by atoms with Crippen molar-refractivity contribution >= 4 is 17.6 Å². The molecule has 0 bridgehead atoms. The number of carbonyl (C=O) groups is 1. The Balaban J connectivity index is 3.27. The van der Waals surface area contributed by atoms with Crippen molar-refractivity contribution < 1.29 is 19.4 Å². The summed E-state index contributed by atoms with van der Waals surface area (Å²) in [5.74, 6) is -0.487. The molecule has 0 aliphatic rings. The maximum absolute atomic E-state index is 11.2. The quantitative estimate of drug-likeness (QED) is 0.767. The second-order valence-electron chi connectivity index (χ2n) is 2.50. The summed E-state index contributed by atoms with van der Waals surface area (Å²) in [7, 11) is 2.64. The Kier molecular flexibility index (Phi) is 3.19. The summed E-state index contributed by atoms with van der Waals surface area (Å²) in [5.41, 5.74) is 0.179. The Morgan fingerprint density at radius 1 is 1.43 bits per heavy atom. The highest BCUT2D eigenvalue weighted by Gasteiger charge is 2.15. The summed E-state index contributed by atoms with van der Waals surface area (Å²) in [6.45, 7) is 0. The van der Waals surface area contributed by atoms with Gasteiger partial charge in [-0.1, -0.05) is 11.6 Å². The highest BCUT2D eigenvalue weighted by Crippen LogP contribution is 2.31. The minimum Gasteiger partial charge on any atom is -0.506 e. The number of methoxy groups -OCH3 is 2. The Bertz CT molecular complexity index is 362. The molecular formula is C9H9ClO4. The number of hydrogen-bond acceptors (Lipinski definition) is 4. The lowest BCUT2D eigenvalue weighted by atomic mass is 10.2. The first-order chi connectivity index (χ1) is 6.60. The standard InChI is InChI=1S/C9H9ClO4/c1-13-8-4-7(11)6(10)3-5(8)9(12)14-2/h3-4,11H,1-2H3. The first-order valence-electron chi connectivity index (χ1n) is 3.75. The second kappa shape index (κ2) is 4.19. The summed E-state index contributed by atoms with van der Waals surface area (Å²) in [6.07, 6.45) is 0. The van der Waals surface area contributed by atoms with Crippen LogP contribution in [0.15, 0.2) is 12.1 Å². The van der Waals surface area contributed by atoms with Crippen LogP contribution in [-0.2, 0) is 4.74 Å². The monoisotopic (exact) mass is 216 g/mol. The number of benzene rings is 1. The van der Waals surface area contributed by atoms with E-state index in [9.17, 15) is 9.90 Å². The third kappa shape index (κ3) is 1.90. The Morgan fingerprint density at radius 2 is 2.07 bits per heavy atom. The summed E-state index contributed by atoms with van der Waals surface area (Å²) in [6, 6.07) is 2.55. The lowest BCUT2D eigenvalue weighted by molar-refractivity contribution is 0.0597. The van der Waals surface area contributed by atoms with Crippen LogP contribution in [-0.4, -0.2) is 25.3 Å². The van der Waals surface area contributed by atoms with Crippen molar-refractivity contribution in [1.82, 2.24) is 0 Å². The molecule has 4 nitrogen and oxygen atoms in total. The Labute approximate surface area is 86.0 Å². The lowest BCUT2D eigenvalue weighted by Crippen LogP contribution is -2.03. The fourth-order valence-electron chi connectivity index (χ4n) is 0.981. The molecular weight excluding hydrogens is 208 g/mol. The van der Waals surface area contributed by atoms with Crippen LogP contribution in [0, 0.1) is 0 Å². The van der Waals surface area contributed by atoms with E-state index >= 15 is 0 Å². The van der Waals surface area contributed by atoms with E-state index in [1.807, 2.05) is 0 Å². The molecule has 0 aliphatic heterocycles. The topological polar surface area (TPSA) is 55.8 Å². The van der Waals surface area contributed by atoms with Crippen molar-refractivity contribution in [2.45, 2.75) is 0 Å². The van der Waals surface area contributed by atoms with Crippen LogP contribution in [0.4, 0.5) is 0 Å². The maximum Gasteiger partial charge on any atom is 0.341 e. The zero-order chi connectivity index (χ0) is 10.7. The van der Waals surface area contributed by atoms with Crippen LogP contribution >= 0.6 is 11.6 Å². The van der Waals surface area contributed by atoms with Gasteiger partial charge >= 0.3 is 5.97 Å². The lowest BCUT2D eigenvalue weighted by Gasteiger charge is -2.07. The Hall–Kier alpha value is -1.42. The number of hydrogen-bond donors (Lipinski definition) is 1. The van der Waals surface area contributed by atoms with Crippen LogP contribution < -0.4 is 4.74 Å². The summed E-state index contributed by atoms with van der Waals surface area (Å²) >= 11 is 5.63. The predicted molar refractivity (Wildman–Crippen MR) is 51.0 cm³/mol. The van der Waals surface area contributed by atoms with Gasteiger partial charge in [-0.3, -0.25) is 0 Å². The van der Waals surface area contributed by atoms with E-state index in [0.717, 1.165) is 0 Å². The van der Waals surface area contributed by atoms with Crippen molar-refractivity contribution in [2.24, 2.45) is 0 Å². The van der Waals surface area contributed by atoms with Gasteiger partial charge in [0.25, 0.3) is 0 Å². The van der Waals surface area contributed by atoms with Gasteiger partial charge in [-0.2, -0.15) is 0 Å². The van der Waals surface area contributed by atoms with Crippen molar-refractivity contribution in [1.29, 1.82) is 0 Å². The van der Waals surface area contributed by atoms with Gasteiger partial charge < -0.3 is 14.6 Å². The minimum absolute atomic E-state index is 0.0752. The van der Waals surface area contributed by atoms with Gasteiger partial charge in [0.2, 0.25) is 0 Å². The molecule has 1 aromatic carbocycles. The third-order valence-electron chi connectivity index (χ3n) is 1.67. The number of carbonyl (C=O) groups excluding carboxylic acids is 1. The number of esters is 1. The van der Waals surface area contributed by atoms with Crippen LogP contribution in [0.1, 0.15) is 10.4 Å². The van der Waals surface area contributed by atoms with Crippen LogP contribution in [0.2, 0.25) is 5.02 Å². The van der Waals surface area contributed by atoms with E-state index in [-0.39, 0.29) is 22.1 Å². The molecule has 76 valence electrons. The van der Waals surface area contributed by atoms with Crippen molar-refractivity contribution in [3.63, 3.8) is 0 Å². The number of phenolic OH excluding ortho intramolecular Hbond substituents is 1. The molecule has 0 saturated heterocycles. The van der Waals surface area contributed by atoms with Gasteiger partial charge in [-0.15, -0.1) is 0 Å². The molecule has 1 N–H and O–H groups in total. The van der Waals surface area contributed by atoms with Gasteiger partial charge in [0.05, 0.1) is 19.2 Å². The minimum atomic E-state index is -0.566. The molecule has 0 spiro atoms. The van der Waals surface area contributed by atoms with Gasteiger partial charge in [0.15, 0.2) is 0 Å². The van der Waals surface area contributed by atoms with Gasteiger partial charge in [0, 0.05) is 6.07 Å². The fraction of sp³-hybridized carbons (Fsp3) is 0.222. The fourth-order valence-corrected chi connectivity index (χ4v) is 1.14. The number of rotatable bonds is 2. The van der Waals surface area contributed by atoms with E-state index in [1.54, 1.807) is 0 Å². The van der Waals surface area contributed by atoms with E-state index < -0.39 is 5.97 Å². The SMILES string of the molecule is COC(=O)c1cc(Cl)c(O)cc1OC. The molecule has 1 aromatic rings. The summed E-state index contributed by atoms with van der Waals surface area (Å²) < 4.78 is 9.40. The highest BCUT2D eigenvalue weighted by molar-refractivity contribution is 6.32. The average Bonchev–Trinajstić information content (AvgIpc) is 2.20. The zero-order valence-corrected chi connectivity index (χ0v) is 8.46. The molecule has 0 fully saturated rings. The van der Waals surface area contributed by atoms with E-state index in [2.05, 4.69) is 4.74 Å². The largest absolute Gasteiger partial charge is 0.506 e. The van der Waals surface area contributed by atoms with E-state index in [1.165, 1.54) is 26.4 Å². The van der Waals surface area contributed by atoms with Crippen molar-refractivity contribution in [3.8, 4) is 11.5 Å². The summed E-state index contributed by atoms with van der Waals surface area (Å²) in [4.78, 5) is 11.2. The Morgan fingerprint density at radius 3 is 2.57 bits per heavy atom. The molecule has 0 saturated carbocycles. The number of aromatic hydroxyl groups is 1. The normalized spacial score (nSPS) is 9.64. The summed E-state index contributed by atoms with van der Waals surface area (Å²) in [5, 5.41) is 9.32. The van der Waals surface area contributed by atoms with Crippen molar-refractivity contribution in [3.05, 3.63) is 22.7 Å². The average molecular weight is 217 g/mol. The van der Waals surface area contributed by atoms with Crippen LogP contribution in [0.3, 0.4) is 0 Å². The molecule has 14 heavy (non-hydrogen) atoms. The molecule has 5 heteroatoms. The van der Waals surface area contributed by atoms with Crippen LogP contribution in [0.5, 0.6) is 11.5 Å². The molecule has 0 radical (unpaired) electrons. The van der Waals surface area contributed by atoms with Gasteiger partial charge in [-0.05, 0) is 6.07 Å². The molecule has 0 atom stereocenters. The van der Waals surface area contributed by atoms with Crippen molar-refractivity contribution in [2.75, 3.05) is 14.2 Å². The molecule has 0 aromatic heterocycles. The molecule has 0 aliphatic carbocycles. The maximum atomic E-state index is 11.2. The number of ether oxygens (including phenoxy) is 2. The first kappa shape index (κ1) is 10.7. The highest BCUT2D eigenvalue weighted by atomic mass is 35.5. The van der Waals surface area contributed by atoms with Gasteiger partial charge in [-0.25, -0.2) is 4.79 Å². The zero-order valence-electron chi connectivity index (χ0n) is 7.70. The van der Waals surface area contributed by atoms with Gasteiger partial charge in [0.1, 0.15) is 17.1 Å². The smallest absolute Gasteiger partial charge is 0.341 e. The molecule has 0 amide bonds. The van der Waals surface area contributed by atoms with E-state index in [0.29, 0.717) is 0 Å². The molecule has 0 unspecified atom stereocenters. The molecule has 1 rings (SSSR count). The second-order valence-corrected chi connectivity index (χ2v) is 2.90. The first-order valence-corrected chi connectivity index (χ1v) is 4.12. The number of halogens is 1. The van der Waals surface area contributed by atoms with E-state index in [4.69, 9.17) is 16.3 Å². The third-order valence-corrected chi connectivity index (χ3v) is 1.98. The van der Waals surface area contributed by atoms with Crippen LogP contribution in [0.25, 0.3) is 0 Å². The number of phenols is 1. The predicted octanol–water partition coefficient (Wildman–Crippen LogP) is 1.84. The molecule has 0 heterocycles.